The van der Waals surface area contributed by atoms with Crippen molar-refractivity contribution in [1.29, 1.82) is 0 Å². The van der Waals surface area contributed by atoms with Gasteiger partial charge in [0.15, 0.2) is 11.5 Å². The van der Waals surface area contributed by atoms with E-state index in [1.165, 1.54) is 30.5 Å². The smallest absolute Gasteiger partial charge is 0.165 e. The normalized spacial score (nSPS) is 42.0. The van der Waals surface area contributed by atoms with Gasteiger partial charge in [0.2, 0.25) is 0 Å². The van der Waals surface area contributed by atoms with Crippen LogP contribution in [0.3, 0.4) is 0 Å². The Morgan fingerprint density at radius 2 is 2.11 bits per heavy atom. The first-order valence-electron chi connectivity index (χ1n) is 13.4. The average molecular weight is 475 g/mol. The summed E-state index contributed by atoms with van der Waals surface area (Å²) in [4.78, 5) is 7.35. The zero-order valence-electron chi connectivity index (χ0n) is 20.5. The summed E-state index contributed by atoms with van der Waals surface area (Å²) in [5, 5.41) is 23.1. The maximum Gasteiger partial charge on any atom is 0.165 e. The predicted octanol–water partition coefficient (Wildman–Crippen LogP) is 3.39. The van der Waals surface area contributed by atoms with Crippen molar-refractivity contribution < 1.29 is 19.7 Å². The Bertz CT molecular complexity index is 1210. The number of pyridine rings is 1. The monoisotopic (exact) mass is 474 g/mol. The van der Waals surface area contributed by atoms with Crippen molar-refractivity contribution >= 4 is 0 Å². The van der Waals surface area contributed by atoms with Crippen LogP contribution in [0.5, 0.6) is 11.5 Å². The fourth-order valence-electron chi connectivity index (χ4n) is 9.59. The first-order chi connectivity index (χ1) is 16.9. The minimum Gasteiger partial charge on any atom is -0.504 e. The van der Waals surface area contributed by atoms with Crippen molar-refractivity contribution in [3.8, 4) is 11.5 Å². The molecule has 3 heterocycles. The second kappa shape index (κ2) is 6.58. The summed E-state index contributed by atoms with van der Waals surface area (Å²) in [6.45, 7) is 4.18. The standard InChI is InChI=1S/C29H34N2O4/c1-27(33,21-5-3-4-11-30-21)25-18-14-29(25,34-2)26-28-10-12-31(15-16-6-7-16)19(23(18)28)13-17-8-9-20(32)24(35-26)22(17)28/h3-5,8-9,11,16,18-19,23,25-26,32-33H,6-7,10,12-15H2,1-2H3/t18?,19-,23?,25-,26-,27+,28-,29-/m1/s1. The molecule has 1 aromatic carbocycles. The highest BCUT2D eigenvalue weighted by Gasteiger charge is 2.82. The molecule has 2 unspecified atom stereocenters. The Balaban J connectivity index is 1.32. The van der Waals surface area contributed by atoms with Gasteiger partial charge in [-0.15, -0.1) is 0 Å². The van der Waals surface area contributed by atoms with E-state index < -0.39 is 11.2 Å². The van der Waals surface area contributed by atoms with Crippen LogP contribution in [0.15, 0.2) is 36.5 Å². The van der Waals surface area contributed by atoms with Gasteiger partial charge in [0.25, 0.3) is 0 Å². The molecule has 8 atom stereocenters. The van der Waals surface area contributed by atoms with Gasteiger partial charge in [0, 0.05) is 42.8 Å². The third-order valence-corrected chi connectivity index (χ3v) is 10.9. The number of aromatic nitrogens is 1. The topological polar surface area (TPSA) is 75.1 Å². The molecule has 2 aliphatic heterocycles. The van der Waals surface area contributed by atoms with Crippen molar-refractivity contribution in [3.05, 3.63) is 53.3 Å². The lowest BCUT2D eigenvalue weighted by Gasteiger charge is -2.74. The van der Waals surface area contributed by atoms with Gasteiger partial charge >= 0.3 is 0 Å². The van der Waals surface area contributed by atoms with Gasteiger partial charge in [-0.25, -0.2) is 0 Å². The number of aliphatic hydroxyl groups is 1. The molecule has 1 spiro atoms. The molecule has 1 saturated heterocycles. The molecule has 1 aromatic heterocycles. The lowest BCUT2D eigenvalue weighted by atomic mass is 9.34. The van der Waals surface area contributed by atoms with Gasteiger partial charge in [-0.1, -0.05) is 12.1 Å². The van der Waals surface area contributed by atoms with Crippen LogP contribution in [0.4, 0.5) is 0 Å². The number of likely N-dealkylation sites (tertiary alicyclic amines) is 1. The summed E-state index contributed by atoms with van der Waals surface area (Å²) in [5.41, 5.74) is 1.35. The number of hydrogen-bond acceptors (Lipinski definition) is 6. The molecule has 35 heavy (non-hydrogen) atoms. The maximum atomic E-state index is 12.1. The van der Waals surface area contributed by atoms with Crippen molar-refractivity contribution in [2.75, 3.05) is 20.2 Å². The molecule has 0 amide bonds. The molecule has 4 aliphatic carbocycles. The van der Waals surface area contributed by atoms with E-state index in [1.54, 1.807) is 13.3 Å². The fourth-order valence-corrected chi connectivity index (χ4v) is 9.59. The number of fused-ring (bicyclic) bond motifs is 3. The Hall–Kier alpha value is -2.15. The van der Waals surface area contributed by atoms with Gasteiger partial charge in [-0.3, -0.25) is 9.88 Å². The Kier molecular flexibility index (Phi) is 3.95. The number of phenols is 1. The molecule has 6 aliphatic rings. The third-order valence-electron chi connectivity index (χ3n) is 10.9. The van der Waals surface area contributed by atoms with E-state index in [1.807, 2.05) is 31.2 Å². The molecule has 6 heteroatoms. The van der Waals surface area contributed by atoms with E-state index >= 15 is 0 Å². The summed E-state index contributed by atoms with van der Waals surface area (Å²) in [5.74, 6) is 2.30. The molecule has 2 aromatic rings. The van der Waals surface area contributed by atoms with E-state index in [0.717, 1.165) is 31.7 Å². The minimum absolute atomic E-state index is 0.126. The van der Waals surface area contributed by atoms with Crippen LogP contribution >= 0.6 is 0 Å². The van der Waals surface area contributed by atoms with E-state index in [9.17, 15) is 10.2 Å². The molecule has 184 valence electrons. The summed E-state index contributed by atoms with van der Waals surface area (Å²) < 4.78 is 13.3. The Labute approximate surface area is 206 Å². The Morgan fingerprint density at radius 3 is 2.86 bits per heavy atom. The van der Waals surface area contributed by atoms with Gasteiger partial charge in [0.05, 0.1) is 5.69 Å². The lowest BCUT2D eigenvalue weighted by molar-refractivity contribution is -0.334. The number of nitrogens with zero attached hydrogens (tertiary/aromatic N) is 2. The highest BCUT2D eigenvalue weighted by atomic mass is 16.6. The maximum absolute atomic E-state index is 12.1. The fraction of sp³-hybridized carbons (Fsp3) is 0.621. The Morgan fingerprint density at radius 1 is 1.26 bits per heavy atom. The van der Waals surface area contributed by atoms with Crippen LogP contribution in [0, 0.1) is 23.7 Å². The highest BCUT2D eigenvalue weighted by molar-refractivity contribution is 5.62. The summed E-state index contributed by atoms with van der Waals surface area (Å²) in [6.07, 6.45) is 7.15. The molecule has 3 saturated carbocycles. The van der Waals surface area contributed by atoms with E-state index in [-0.39, 0.29) is 23.2 Å². The number of benzene rings is 1. The number of methoxy groups -OCH3 is 1. The number of piperidine rings is 1. The first kappa shape index (κ1) is 21.0. The molecule has 2 N–H and O–H groups in total. The van der Waals surface area contributed by atoms with Crippen LogP contribution in [-0.2, 0) is 22.2 Å². The number of phenolic OH excluding ortho intramolecular Hbond substituents is 1. The van der Waals surface area contributed by atoms with Gasteiger partial charge < -0.3 is 19.7 Å². The van der Waals surface area contributed by atoms with E-state index in [2.05, 4.69) is 16.0 Å². The largest absolute Gasteiger partial charge is 0.504 e. The van der Waals surface area contributed by atoms with E-state index in [0.29, 0.717) is 29.3 Å². The van der Waals surface area contributed by atoms with Gasteiger partial charge in [-0.2, -0.15) is 0 Å². The predicted molar refractivity (Wildman–Crippen MR) is 129 cm³/mol. The summed E-state index contributed by atoms with van der Waals surface area (Å²) in [7, 11) is 1.78. The highest BCUT2D eigenvalue weighted by Crippen LogP contribution is 2.76. The van der Waals surface area contributed by atoms with Crippen molar-refractivity contribution in [3.63, 3.8) is 0 Å². The SMILES string of the molecule is CO[C@@]12CC(C3[C@H]4Cc5ccc(O)c6c5[C@@]3(CCN4CC3CC3)[C@H]1O6)[C@@H]2[C@@](C)(O)c1ccccn1. The van der Waals surface area contributed by atoms with Crippen molar-refractivity contribution in [2.24, 2.45) is 23.7 Å². The zero-order chi connectivity index (χ0) is 23.7. The van der Waals surface area contributed by atoms with Crippen molar-refractivity contribution in [2.45, 2.75) is 67.8 Å². The quantitative estimate of drug-likeness (QED) is 0.692. The average Bonchev–Trinajstić information content (AvgIpc) is 3.59. The molecule has 8 rings (SSSR count). The number of aromatic hydroxyl groups is 1. The van der Waals surface area contributed by atoms with E-state index in [4.69, 9.17) is 9.47 Å². The number of ether oxygens (including phenoxy) is 2. The lowest BCUT2D eigenvalue weighted by Crippen LogP contribution is -2.83. The molecular formula is C29H34N2O4. The van der Waals surface area contributed by atoms with Crippen LogP contribution in [-0.4, -0.2) is 58.0 Å². The molecule has 6 nitrogen and oxygen atoms in total. The second-order valence-corrected chi connectivity index (χ2v) is 12.3. The first-order valence-corrected chi connectivity index (χ1v) is 13.4. The van der Waals surface area contributed by atoms with Crippen molar-refractivity contribution in [1.82, 2.24) is 9.88 Å². The van der Waals surface area contributed by atoms with Crippen LogP contribution in [0.2, 0.25) is 0 Å². The third kappa shape index (κ3) is 2.35. The molecular weight excluding hydrogens is 440 g/mol. The van der Waals surface area contributed by atoms with Crippen LogP contribution in [0.25, 0.3) is 0 Å². The van der Waals surface area contributed by atoms with Crippen LogP contribution in [0.1, 0.15) is 49.4 Å². The summed E-state index contributed by atoms with van der Waals surface area (Å²) in [6, 6.07) is 10.2. The second-order valence-electron chi connectivity index (χ2n) is 12.3. The van der Waals surface area contributed by atoms with Gasteiger partial charge in [-0.05, 0) is 87.1 Å². The van der Waals surface area contributed by atoms with Gasteiger partial charge in [0.1, 0.15) is 17.3 Å². The molecule has 4 bridgehead atoms. The summed E-state index contributed by atoms with van der Waals surface area (Å²) >= 11 is 0. The number of hydrogen-bond donors (Lipinski definition) is 2. The van der Waals surface area contributed by atoms with Crippen LogP contribution < -0.4 is 4.74 Å². The number of rotatable bonds is 5. The molecule has 0 radical (unpaired) electrons. The zero-order valence-corrected chi connectivity index (χ0v) is 20.5. The minimum atomic E-state index is -1.14. The molecule has 4 fully saturated rings.